The molecule has 1 aliphatic heterocycles. The molecule has 0 aliphatic carbocycles. The molecule has 0 bridgehead atoms. The second-order valence-electron chi connectivity index (χ2n) is 6.04. The molecule has 2 aromatic rings. The molecule has 0 amide bonds. The van der Waals surface area contributed by atoms with Crippen molar-refractivity contribution in [3.63, 3.8) is 0 Å². The van der Waals surface area contributed by atoms with Crippen LogP contribution >= 0.6 is 0 Å². The molecule has 27 heavy (non-hydrogen) atoms. The standard InChI is InChI=1S/C17H15F3N4O2S/c1-23-11-15(16(22-23)17(18,19)20)27(25,26)24-8-6-14(7-9-24)13-4-2-12(10-21)3-5-13/h2-6,11H,7-9H2,1H3. The molecule has 2 heterocycles. The summed E-state index contributed by atoms with van der Waals surface area (Å²) in [5, 5.41) is 12.1. The fourth-order valence-corrected chi connectivity index (χ4v) is 4.45. The van der Waals surface area contributed by atoms with Crippen molar-refractivity contribution in [2.24, 2.45) is 7.05 Å². The van der Waals surface area contributed by atoms with Crippen LogP contribution in [0.4, 0.5) is 13.2 Å². The molecule has 142 valence electrons. The van der Waals surface area contributed by atoms with Gasteiger partial charge in [0, 0.05) is 26.3 Å². The lowest BCUT2D eigenvalue weighted by Gasteiger charge is -2.26. The molecule has 0 unspecified atom stereocenters. The quantitative estimate of drug-likeness (QED) is 0.799. The molecule has 1 aliphatic rings. The minimum atomic E-state index is -4.86. The van der Waals surface area contributed by atoms with E-state index in [0.29, 0.717) is 12.0 Å². The van der Waals surface area contributed by atoms with Crippen LogP contribution in [0, 0.1) is 11.3 Å². The van der Waals surface area contributed by atoms with E-state index >= 15 is 0 Å². The van der Waals surface area contributed by atoms with E-state index < -0.39 is 26.8 Å². The van der Waals surface area contributed by atoms with Gasteiger partial charge in [-0.05, 0) is 29.7 Å². The zero-order valence-corrected chi connectivity index (χ0v) is 15.0. The van der Waals surface area contributed by atoms with Gasteiger partial charge in [-0.15, -0.1) is 0 Å². The average molecular weight is 396 g/mol. The van der Waals surface area contributed by atoms with Crippen molar-refractivity contribution >= 4 is 15.6 Å². The first-order valence-corrected chi connectivity index (χ1v) is 9.37. The smallest absolute Gasteiger partial charge is 0.274 e. The fraction of sp³-hybridized carbons (Fsp3) is 0.294. The number of aromatic nitrogens is 2. The third-order valence-electron chi connectivity index (χ3n) is 4.24. The average Bonchev–Trinajstić information content (AvgIpc) is 3.05. The number of nitriles is 1. The van der Waals surface area contributed by atoms with Crippen LogP contribution in [-0.4, -0.2) is 35.6 Å². The largest absolute Gasteiger partial charge is 0.436 e. The molecule has 10 heteroatoms. The highest BCUT2D eigenvalue weighted by atomic mass is 32.2. The normalized spacial score (nSPS) is 16.0. The maximum absolute atomic E-state index is 13.1. The maximum Gasteiger partial charge on any atom is 0.436 e. The molecule has 1 aromatic carbocycles. The van der Waals surface area contributed by atoms with Crippen molar-refractivity contribution in [1.82, 2.24) is 14.1 Å². The van der Waals surface area contributed by atoms with E-state index in [0.717, 1.165) is 26.3 Å². The number of rotatable bonds is 3. The third kappa shape index (κ3) is 3.74. The Balaban J connectivity index is 1.87. The van der Waals surface area contributed by atoms with E-state index in [4.69, 9.17) is 5.26 Å². The first-order chi connectivity index (χ1) is 12.6. The maximum atomic E-state index is 13.1. The van der Waals surface area contributed by atoms with Gasteiger partial charge in [-0.3, -0.25) is 4.68 Å². The molecule has 6 nitrogen and oxygen atoms in total. The molecular formula is C17H15F3N4O2S. The van der Waals surface area contributed by atoms with Gasteiger partial charge in [0.15, 0.2) is 5.69 Å². The summed E-state index contributed by atoms with van der Waals surface area (Å²) < 4.78 is 66.6. The van der Waals surface area contributed by atoms with Crippen molar-refractivity contribution in [3.05, 3.63) is 53.4 Å². The number of hydrogen-bond donors (Lipinski definition) is 0. The van der Waals surface area contributed by atoms with E-state index in [1.54, 1.807) is 30.3 Å². The summed E-state index contributed by atoms with van der Waals surface area (Å²) in [6.45, 7) is 0.0181. The summed E-state index contributed by atoms with van der Waals surface area (Å²) in [6, 6.07) is 8.85. The Morgan fingerprint density at radius 3 is 2.41 bits per heavy atom. The fourth-order valence-electron chi connectivity index (χ4n) is 2.88. The zero-order chi connectivity index (χ0) is 19.8. The van der Waals surface area contributed by atoms with Gasteiger partial charge < -0.3 is 0 Å². The van der Waals surface area contributed by atoms with Gasteiger partial charge in [0.2, 0.25) is 10.0 Å². The van der Waals surface area contributed by atoms with Crippen molar-refractivity contribution in [1.29, 1.82) is 5.26 Å². The van der Waals surface area contributed by atoms with E-state index in [1.165, 1.54) is 7.05 Å². The van der Waals surface area contributed by atoms with E-state index in [2.05, 4.69) is 5.10 Å². The topological polar surface area (TPSA) is 79.0 Å². The number of hydrogen-bond acceptors (Lipinski definition) is 4. The van der Waals surface area contributed by atoms with Crippen LogP contribution in [0.5, 0.6) is 0 Å². The predicted octanol–water partition coefficient (Wildman–Crippen LogP) is 2.79. The molecule has 0 saturated carbocycles. The Morgan fingerprint density at radius 1 is 1.22 bits per heavy atom. The molecule has 1 aromatic heterocycles. The Labute approximate surface area is 154 Å². The number of alkyl halides is 3. The van der Waals surface area contributed by atoms with Gasteiger partial charge in [-0.2, -0.15) is 27.8 Å². The van der Waals surface area contributed by atoms with Crippen LogP contribution in [0.15, 0.2) is 41.4 Å². The lowest BCUT2D eigenvalue weighted by molar-refractivity contribution is -0.143. The van der Waals surface area contributed by atoms with Crippen molar-refractivity contribution in [2.45, 2.75) is 17.5 Å². The zero-order valence-electron chi connectivity index (χ0n) is 14.2. The predicted molar refractivity (Wildman–Crippen MR) is 90.7 cm³/mol. The second kappa shape index (κ2) is 6.83. The second-order valence-corrected chi connectivity index (χ2v) is 7.95. The summed E-state index contributed by atoms with van der Waals surface area (Å²) in [7, 11) is -3.09. The number of sulfonamides is 1. The van der Waals surface area contributed by atoms with Crippen molar-refractivity contribution < 1.29 is 21.6 Å². The highest BCUT2D eigenvalue weighted by Crippen LogP contribution is 2.35. The highest BCUT2D eigenvalue weighted by Gasteiger charge is 2.42. The first-order valence-electron chi connectivity index (χ1n) is 7.93. The van der Waals surface area contributed by atoms with Gasteiger partial charge >= 0.3 is 6.18 Å². The molecule has 0 spiro atoms. The van der Waals surface area contributed by atoms with Crippen molar-refractivity contribution in [3.8, 4) is 6.07 Å². The SMILES string of the molecule is Cn1cc(S(=O)(=O)N2CC=C(c3ccc(C#N)cc3)CC2)c(C(F)(F)F)n1. The highest BCUT2D eigenvalue weighted by molar-refractivity contribution is 7.89. The molecule has 0 atom stereocenters. The van der Waals surface area contributed by atoms with Crippen molar-refractivity contribution in [2.75, 3.05) is 13.1 Å². The van der Waals surface area contributed by atoms with Gasteiger partial charge in [0.05, 0.1) is 11.6 Å². The molecule has 3 rings (SSSR count). The lowest BCUT2D eigenvalue weighted by atomic mass is 9.99. The van der Waals surface area contributed by atoms with Gasteiger partial charge in [0.25, 0.3) is 0 Å². The number of benzene rings is 1. The molecule has 0 N–H and O–H groups in total. The van der Waals surface area contributed by atoms with E-state index in [1.807, 2.05) is 6.07 Å². The van der Waals surface area contributed by atoms with E-state index in [-0.39, 0.29) is 13.1 Å². The van der Waals surface area contributed by atoms with Crippen LogP contribution in [0.2, 0.25) is 0 Å². The number of halogens is 3. The summed E-state index contributed by atoms with van der Waals surface area (Å²) in [5.41, 5.74) is 0.832. The van der Waals surface area contributed by atoms with E-state index in [9.17, 15) is 21.6 Å². The molecule has 0 radical (unpaired) electrons. The Hall–Kier alpha value is -2.64. The summed E-state index contributed by atoms with van der Waals surface area (Å²) in [5.74, 6) is 0. The molecular weight excluding hydrogens is 381 g/mol. The van der Waals surface area contributed by atoms with Gasteiger partial charge in [-0.25, -0.2) is 8.42 Å². The summed E-state index contributed by atoms with van der Waals surface area (Å²) >= 11 is 0. The molecule has 0 fully saturated rings. The van der Waals surface area contributed by atoms with Crippen LogP contribution < -0.4 is 0 Å². The first kappa shape index (κ1) is 19.1. The third-order valence-corrected chi connectivity index (χ3v) is 6.10. The Kier molecular flexibility index (Phi) is 4.84. The van der Waals surface area contributed by atoms with Crippen LogP contribution in [-0.2, 0) is 23.2 Å². The van der Waals surface area contributed by atoms with Gasteiger partial charge in [0.1, 0.15) is 4.90 Å². The number of aryl methyl sites for hydroxylation is 1. The lowest BCUT2D eigenvalue weighted by Crippen LogP contribution is -2.35. The number of nitrogens with zero attached hydrogens (tertiary/aromatic N) is 4. The van der Waals surface area contributed by atoms with Crippen LogP contribution in [0.3, 0.4) is 0 Å². The summed E-state index contributed by atoms with van der Waals surface area (Å²) in [6.07, 6.45) is -1.96. The minimum absolute atomic E-state index is 0.0378. The molecule has 0 saturated heterocycles. The monoisotopic (exact) mass is 396 g/mol. The summed E-state index contributed by atoms with van der Waals surface area (Å²) in [4.78, 5) is -0.840. The van der Waals surface area contributed by atoms with Crippen LogP contribution in [0.25, 0.3) is 5.57 Å². The van der Waals surface area contributed by atoms with Crippen LogP contribution in [0.1, 0.15) is 23.2 Å². The Morgan fingerprint density at radius 2 is 1.89 bits per heavy atom. The minimum Gasteiger partial charge on any atom is -0.274 e. The Bertz CT molecular complexity index is 1030. The van der Waals surface area contributed by atoms with Gasteiger partial charge in [-0.1, -0.05) is 18.2 Å².